The molecule has 2 unspecified atom stereocenters. The summed E-state index contributed by atoms with van der Waals surface area (Å²) in [6, 6.07) is 7.29. The van der Waals surface area contributed by atoms with Crippen LogP contribution in [0.4, 0.5) is 0 Å². The van der Waals surface area contributed by atoms with Gasteiger partial charge >= 0.3 is 0 Å². The van der Waals surface area contributed by atoms with E-state index in [9.17, 15) is 9.59 Å². The molecule has 1 aliphatic heterocycles. The van der Waals surface area contributed by atoms with E-state index in [1.165, 1.54) is 4.88 Å². The Morgan fingerprint density at radius 2 is 1.94 bits per heavy atom. The number of carbonyl (C=O) groups excluding carboxylic acids is 2. The van der Waals surface area contributed by atoms with Crippen LogP contribution in [0.2, 0.25) is 10.0 Å². The molecule has 0 spiro atoms. The Morgan fingerprint density at radius 3 is 2.64 bits per heavy atom. The van der Waals surface area contributed by atoms with Crippen LogP contribution in [-0.4, -0.2) is 40.7 Å². The van der Waals surface area contributed by atoms with Crippen molar-refractivity contribution in [2.24, 2.45) is 0 Å². The molecule has 1 aromatic heterocycles. The molecule has 0 saturated carbocycles. The van der Waals surface area contributed by atoms with Crippen molar-refractivity contribution in [3.63, 3.8) is 0 Å². The first-order valence-electron chi connectivity index (χ1n) is 12.0. The molecule has 7 heteroatoms. The Hall–Kier alpha value is -1.56. The number of thiophene rings is 1. The topological polar surface area (TPSA) is 40.6 Å². The Bertz CT molecular complexity index is 962. The fourth-order valence-corrected chi connectivity index (χ4v) is 5.85. The van der Waals surface area contributed by atoms with Gasteiger partial charge in [0.15, 0.2) is 0 Å². The molecule has 2 heterocycles. The molecule has 0 fully saturated rings. The number of fused-ring (bicyclic) bond motifs is 1. The number of amides is 2. The Labute approximate surface area is 211 Å². The molecule has 0 radical (unpaired) electrons. The van der Waals surface area contributed by atoms with Crippen LogP contribution in [-0.2, 0) is 16.0 Å². The van der Waals surface area contributed by atoms with Gasteiger partial charge in [0.25, 0.3) is 0 Å². The van der Waals surface area contributed by atoms with E-state index in [4.69, 9.17) is 23.2 Å². The molecule has 2 atom stereocenters. The zero-order valence-corrected chi connectivity index (χ0v) is 22.1. The molecule has 0 N–H and O–H groups in total. The van der Waals surface area contributed by atoms with Crippen LogP contribution in [0.25, 0.3) is 0 Å². The van der Waals surface area contributed by atoms with E-state index in [2.05, 4.69) is 25.3 Å². The third-order valence-corrected chi connectivity index (χ3v) is 8.10. The third-order valence-electron chi connectivity index (χ3n) is 6.54. The van der Waals surface area contributed by atoms with Crippen molar-refractivity contribution in [3.8, 4) is 0 Å². The summed E-state index contributed by atoms with van der Waals surface area (Å²) in [7, 11) is 0. The summed E-state index contributed by atoms with van der Waals surface area (Å²) in [5.74, 6) is 0.0354. The van der Waals surface area contributed by atoms with E-state index >= 15 is 0 Å². The molecular formula is C26H34Cl2N2O2S. The van der Waals surface area contributed by atoms with Gasteiger partial charge in [0.1, 0.15) is 6.54 Å². The van der Waals surface area contributed by atoms with Crippen LogP contribution in [0, 0.1) is 0 Å². The first-order valence-corrected chi connectivity index (χ1v) is 13.6. The summed E-state index contributed by atoms with van der Waals surface area (Å²) in [6.45, 7) is 6.95. The number of hydrogen-bond acceptors (Lipinski definition) is 3. The van der Waals surface area contributed by atoms with Crippen molar-refractivity contribution in [1.82, 2.24) is 9.80 Å². The van der Waals surface area contributed by atoms with Crippen molar-refractivity contribution in [2.75, 3.05) is 13.1 Å². The molecule has 33 heavy (non-hydrogen) atoms. The Kier molecular flexibility index (Phi) is 9.66. The maximum Gasteiger partial charge on any atom is 0.243 e. The van der Waals surface area contributed by atoms with Crippen LogP contribution in [0.5, 0.6) is 0 Å². The highest BCUT2D eigenvalue weighted by atomic mass is 35.5. The van der Waals surface area contributed by atoms with Crippen molar-refractivity contribution in [3.05, 3.63) is 55.7 Å². The molecule has 2 aromatic rings. The van der Waals surface area contributed by atoms with Crippen LogP contribution in [0.1, 0.15) is 81.3 Å². The lowest BCUT2D eigenvalue weighted by Gasteiger charge is -2.39. The van der Waals surface area contributed by atoms with Gasteiger partial charge in [-0.2, -0.15) is 0 Å². The second-order valence-corrected chi connectivity index (χ2v) is 10.6. The second-order valence-electron chi connectivity index (χ2n) is 8.79. The molecule has 0 aliphatic carbocycles. The van der Waals surface area contributed by atoms with Gasteiger partial charge in [0.05, 0.1) is 6.04 Å². The highest BCUT2D eigenvalue weighted by molar-refractivity contribution is 7.10. The number of rotatable bonds is 10. The second kappa shape index (κ2) is 12.2. The average Bonchev–Trinajstić information content (AvgIpc) is 3.28. The third kappa shape index (κ3) is 6.32. The minimum absolute atomic E-state index is 0.0201. The molecular weight excluding hydrogens is 475 g/mol. The number of halogens is 2. The summed E-state index contributed by atoms with van der Waals surface area (Å²) < 4.78 is 0. The van der Waals surface area contributed by atoms with Crippen molar-refractivity contribution in [1.29, 1.82) is 0 Å². The van der Waals surface area contributed by atoms with E-state index in [-0.39, 0.29) is 30.4 Å². The predicted molar refractivity (Wildman–Crippen MR) is 138 cm³/mol. The number of nitrogens with zero attached hydrogens (tertiary/aromatic N) is 2. The summed E-state index contributed by atoms with van der Waals surface area (Å²) in [4.78, 5) is 31.7. The maximum absolute atomic E-state index is 13.7. The molecule has 0 saturated heterocycles. The summed E-state index contributed by atoms with van der Waals surface area (Å²) in [5.41, 5.74) is 1.99. The smallest absolute Gasteiger partial charge is 0.243 e. The minimum atomic E-state index is -0.268. The summed E-state index contributed by atoms with van der Waals surface area (Å²) in [5, 5.41) is 3.19. The normalized spacial score (nSPS) is 16.4. The highest BCUT2D eigenvalue weighted by Gasteiger charge is 2.35. The average molecular weight is 510 g/mol. The van der Waals surface area contributed by atoms with Gasteiger partial charge in [-0.1, -0.05) is 62.4 Å². The lowest BCUT2D eigenvalue weighted by Crippen LogP contribution is -2.49. The van der Waals surface area contributed by atoms with Gasteiger partial charge in [0.2, 0.25) is 11.8 Å². The zero-order chi connectivity index (χ0) is 24.0. The summed E-state index contributed by atoms with van der Waals surface area (Å²) in [6.07, 6.45) is 6.32. The lowest BCUT2D eigenvalue weighted by atomic mass is 9.93. The first-order chi connectivity index (χ1) is 15.9. The predicted octanol–water partition coefficient (Wildman–Crippen LogP) is 7.13. The molecule has 1 aliphatic rings. The number of hydrogen-bond donors (Lipinski definition) is 0. The van der Waals surface area contributed by atoms with Gasteiger partial charge in [-0.3, -0.25) is 9.59 Å². The molecule has 1 aromatic carbocycles. The van der Waals surface area contributed by atoms with Crippen LogP contribution in [0.3, 0.4) is 0 Å². The fourth-order valence-electron chi connectivity index (χ4n) is 4.44. The van der Waals surface area contributed by atoms with Gasteiger partial charge in [0, 0.05) is 33.9 Å². The van der Waals surface area contributed by atoms with Crippen LogP contribution < -0.4 is 0 Å². The number of carbonyl (C=O) groups is 2. The van der Waals surface area contributed by atoms with Gasteiger partial charge in [-0.15, -0.1) is 11.3 Å². The van der Waals surface area contributed by atoms with E-state index in [0.717, 1.165) is 49.7 Å². The van der Waals surface area contributed by atoms with Crippen molar-refractivity contribution >= 4 is 46.4 Å². The highest BCUT2D eigenvalue weighted by Crippen LogP contribution is 2.41. The molecule has 2 amide bonds. The van der Waals surface area contributed by atoms with Crippen LogP contribution >= 0.6 is 34.5 Å². The van der Waals surface area contributed by atoms with E-state index in [0.29, 0.717) is 23.0 Å². The first kappa shape index (κ1) is 26.1. The van der Waals surface area contributed by atoms with Gasteiger partial charge in [-0.25, -0.2) is 0 Å². The van der Waals surface area contributed by atoms with Crippen LogP contribution in [0.15, 0.2) is 29.6 Å². The van der Waals surface area contributed by atoms with E-state index in [1.807, 2.05) is 24.0 Å². The zero-order valence-electron chi connectivity index (χ0n) is 19.8. The van der Waals surface area contributed by atoms with Gasteiger partial charge < -0.3 is 9.80 Å². The number of unbranched alkanes of at least 4 members (excludes halogenated alkanes) is 3. The SMILES string of the molecule is CCCCCCC(=O)N(CC(=O)N1CCc2sccc2C1c1ccc(Cl)cc1Cl)C(C)CC. The quantitative estimate of drug-likeness (QED) is 0.320. The standard InChI is InChI=1S/C26H34Cl2N2O2S/c1-4-6-7-8-9-24(31)30(18(3)5-2)17-25(32)29-14-12-23-21(13-15-33-23)26(29)20-11-10-19(27)16-22(20)28/h10-11,13,15-16,18,26H,4-9,12,14,17H2,1-3H3. The Balaban J connectivity index is 1.84. The molecule has 3 rings (SSSR count). The fraction of sp³-hybridized carbons (Fsp3) is 0.538. The Morgan fingerprint density at radius 1 is 1.15 bits per heavy atom. The van der Waals surface area contributed by atoms with Crippen molar-refractivity contribution in [2.45, 2.75) is 77.8 Å². The largest absolute Gasteiger partial charge is 0.331 e. The van der Waals surface area contributed by atoms with E-state index < -0.39 is 0 Å². The monoisotopic (exact) mass is 508 g/mol. The summed E-state index contributed by atoms with van der Waals surface area (Å²) >= 11 is 14.5. The molecule has 0 bridgehead atoms. The number of benzene rings is 1. The maximum atomic E-state index is 13.7. The lowest BCUT2D eigenvalue weighted by molar-refractivity contribution is -0.143. The van der Waals surface area contributed by atoms with Crippen molar-refractivity contribution < 1.29 is 9.59 Å². The van der Waals surface area contributed by atoms with Gasteiger partial charge in [-0.05, 0) is 60.9 Å². The van der Waals surface area contributed by atoms with E-state index in [1.54, 1.807) is 22.3 Å². The molecule has 180 valence electrons. The molecule has 4 nitrogen and oxygen atoms in total. The minimum Gasteiger partial charge on any atom is -0.331 e.